The number of benzene rings is 1. The van der Waals surface area contributed by atoms with Gasteiger partial charge in [-0.05, 0) is 32.8 Å². The van der Waals surface area contributed by atoms with Crippen molar-refractivity contribution in [3.05, 3.63) is 35.9 Å². The van der Waals surface area contributed by atoms with Gasteiger partial charge >= 0.3 is 12.0 Å². The van der Waals surface area contributed by atoms with Gasteiger partial charge in [-0.25, -0.2) is 4.79 Å². The number of ether oxygens (including phenoxy) is 1. The monoisotopic (exact) mass is 394 g/mol. The minimum absolute atomic E-state index is 0.0309. The Kier molecular flexibility index (Phi) is 9.93. The van der Waals surface area contributed by atoms with Crippen LogP contribution in [0.4, 0.5) is 4.79 Å². The summed E-state index contributed by atoms with van der Waals surface area (Å²) >= 11 is 1.20. The van der Waals surface area contributed by atoms with E-state index in [0.29, 0.717) is 18.8 Å². The van der Waals surface area contributed by atoms with Crippen LogP contribution in [0.3, 0.4) is 0 Å². The summed E-state index contributed by atoms with van der Waals surface area (Å²) in [6.45, 7) is 8.16. The highest BCUT2D eigenvalue weighted by molar-refractivity contribution is 8.13. The van der Waals surface area contributed by atoms with Crippen LogP contribution in [0.15, 0.2) is 30.3 Å². The molecule has 1 aromatic carbocycles. The van der Waals surface area contributed by atoms with Crippen LogP contribution in [0.1, 0.15) is 39.7 Å². The van der Waals surface area contributed by atoms with Crippen molar-refractivity contribution in [2.24, 2.45) is 0 Å². The maximum absolute atomic E-state index is 12.5. The van der Waals surface area contributed by atoms with Gasteiger partial charge < -0.3 is 15.0 Å². The van der Waals surface area contributed by atoms with Crippen molar-refractivity contribution in [2.75, 3.05) is 25.4 Å². The van der Waals surface area contributed by atoms with E-state index in [2.05, 4.69) is 5.32 Å². The Bertz CT molecular complexity index is 614. The molecule has 0 fully saturated rings. The van der Waals surface area contributed by atoms with Crippen LogP contribution in [0.5, 0.6) is 0 Å². The number of nitrogens with zero attached hydrogens (tertiary/aromatic N) is 1. The molecule has 150 valence electrons. The lowest BCUT2D eigenvalue weighted by Gasteiger charge is -2.23. The summed E-state index contributed by atoms with van der Waals surface area (Å²) in [6.07, 6.45) is 0.850. The van der Waals surface area contributed by atoms with Crippen molar-refractivity contribution in [3.8, 4) is 0 Å². The predicted octanol–water partition coefficient (Wildman–Crippen LogP) is 3.25. The summed E-state index contributed by atoms with van der Waals surface area (Å²) in [5, 5.41) is 2.80. The molecule has 0 atom stereocenters. The molecule has 0 spiro atoms. The van der Waals surface area contributed by atoms with Gasteiger partial charge in [-0.1, -0.05) is 42.1 Å². The zero-order valence-electron chi connectivity index (χ0n) is 16.6. The first-order chi connectivity index (χ1) is 12.7. The number of urea groups is 1. The quantitative estimate of drug-likeness (QED) is 0.651. The van der Waals surface area contributed by atoms with Crippen LogP contribution in [0.2, 0.25) is 0 Å². The molecule has 0 aliphatic rings. The first kappa shape index (κ1) is 23.0. The molecule has 1 N–H and O–H groups in total. The fourth-order valence-electron chi connectivity index (χ4n) is 2.30. The maximum Gasteiger partial charge on any atom is 0.317 e. The van der Waals surface area contributed by atoms with Crippen LogP contribution in [0.25, 0.3) is 0 Å². The van der Waals surface area contributed by atoms with E-state index in [1.54, 1.807) is 4.90 Å². The lowest BCUT2D eigenvalue weighted by molar-refractivity contribution is -0.154. The minimum Gasteiger partial charge on any atom is -0.460 e. The van der Waals surface area contributed by atoms with E-state index in [-0.39, 0.29) is 30.1 Å². The molecule has 0 unspecified atom stereocenters. The van der Waals surface area contributed by atoms with E-state index < -0.39 is 5.60 Å². The molecule has 0 radical (unpaired) electrons. The summed E-state index contributed by atoms with van der Waals surface area (Å²) in [7, 11) is 0. The second-order valence-electron chi connectivity index (χ2n) is 7.13. The topological polar surface area (TPSA) is 75.7 Å². The molecule has 0 saturated heterocycles. The van der Waals surface area contributed by atoms with Crippen LogP contribution in [0, 0.1) is 0 Å². The Labute approximate surface area is 166 Å². The van der Waals surface area contributed by atoms with E-state index in [0.717, 1.165) is 12.0 Å². The number of amides is 2. The summed E-state index contributed by atoms with van der Waals surface area (Å²) in [5.74, 6) is 0.203. The third kappa shape index (κ3) is 11.3. The van der Waals surface area contributed by atoms with Crippen LogP contribution in [-0.4, -0.2) is 53.0 Å². The molecule has 27 heavy (non-hydrogen) atoms. The first-order valence-electron chi connectivity index (χ1n) is 9.09. The molecule has 7 heteroatoms. The zero-order valence-corrected chi connectivity index (χ0v) is 17.4. The van der Waals surface area contributed by atoms with Gasteiger partial charge in [0.1, 0.15) is 5.60 Å². The number of esters is 1. The highest BCUT2D eigenvalue weighted by atomic mass is 32.2. The summed E-state index contributed by atoms with van der Waals surface area (Å²) in [5.41, 5.74) is 0.607. The fourth-order valence-corrected chi connectivity index (χ4v) is 2.90. The average molecular weight is 395 g/mol. The Balaban J connectivity index is 2.50. The Morgan fingerprint density at radius 2 is 1.78 bits per heavy atom. The maximum atomic E-state index is 12.5. The highest BCUT2D eigenvalue weighted by Crippen LogP contribution is 2.08. The van der Waals surface area contributed by atoms with Crippen molar-refractivity contribution in [2.45, 2.75) is 46.1 Å². The third-order valence-electron chi connectivity index (χ3n) is 3.49. The van der Waals surface area contributed by atoms with Gasteiger partial charge in [0.15, 0.2) is 5.12 Å². The van der Waals surface area contributed by atoms with Gasteiger partial charge in [0.2, 0.25) is 0 Å². The molecule has 0 aliphatic heterocycles. The lowest BCUT2D eigenvalue weighted by Crippen LogP contribution is -2.43. The minimum atomic E-state index is -0.535. The lowest BCUT2D eigenvalue weighted by atomic mass is 10.1. The number of hydrogen-bond acceptors (Lipinski definition) is 5. The van der Waals surface area contributed by atoms with E-state index in [1.165, 1.54) is 18.7 Å². The van der Waals surface area contributed by atoms with Crippen LogP contribution >= 0.6 is 11.8 Å². The molecule has 1 rings (SSSR count). The van der Waals surface area contributed by atoms with E-state index in [9.17, 15) is 14.4 Å². The molecule has 0 heterocycles. The largest absolute Gasteiger partial charge is 0.460 e. The zero-order chi connectivity index (χ0) is 20.3. The SMILES string of the molecule is CC(=O)SCCN(CCc1ccccc1)C(=O)NCCC(=O)OC(C)(C)C. The number of hydrogen-bond donors (Lipinski definition) is 1. The number of nitrogens with one attached hydrogen (secondary N) is 1. The number of thioether (sulfide) groups is 1. The first-order valence-corrected chi connectivity index (χ1v) is 10.1. The van der Waals surface area contributed by atoms with Crippen molar-refractivity contribution < 1.29 is 19.1 Å². The molecular formula is C20H30N2O4S. The normalized spacial score (nSPS) is 11.0. The van der Waals surface area contributed by atoms with E-state index >= 15 is 0 Å². The summed E-state index contributed by atoms with van der Waals surface area (Å²) in [6, 6.07) is 9.68. The van der Waals surface area contributed by atoms with Gasteiger partial charge in [-0.2, -0.15) is 0 Å². The molecule has 1 aromatic rings. The Morgan fingerprint density at radius 3 is 2.37 bits per heavy atom. The van der Waals surface area contributed by atoms with Gasteiger partial charge in [-0.3, -0.25) is 9.59 Å². The van der Waals surface area contributed by atoms with Crippen molar-refractivity contribution in [1.82, 2.24) is 10.2 Å². The van der Waals surface area contributed by atoms with Gasteiger partial charge in [-0.15, -0.1) is 0 Å². The second kappa shape index (κ2) is 11.6. The number of rotatable bonds is 9. The predicted molar refractivity (Wildman–Crippen MR) is 109 cm³/mol. The smallest absolute Gasteiger partial charge is 0.317 e. The van der Waals surface area contributed by atoms with Gasteiger partial charge in [0, 0.05) is 32.3 Å². The molecular weight excluding hydrogens is 364 g/mol. The van der Waals surface area contributed by atoms with Crippen molar-refractivity contribution in [1.29, 1.82) is 0 Å². The molecule has 0 aromatic heterocycles. The molecule has 0 aliphatic carbocycles. The van der Waals surface area contributed by atoms with Crippen LogP contribution in [-0.2, 0) is 20.7 Å². The van der Waals surface area contributed by atoms with E-state index in [4.69, 9.17) is 4.74 Å². The van der Waals surface area contributed by atoms with Gasteiger partial charge in [0.05, 0.1) is 6.42 Å². The highest BCUT2D eigenvalue weighted by Gasteiger charge is 2.17. The third-order valence-corrected chi connectivity index (χ3v) is 4.29. The second-order valence-corrected chi connectivity index (χ2v) is 8.40. The number of carbonyl (C=O) groups is 3. The molecule has 6 nitrogen and oxygen atoms in total. The molecule has 0 saturated carbocycles. The van der Waals surface area contributed by atoms with E-state index in [1.807, 2.05) is 51.1 Å². The summed E-state index contributed by atoms with van der Waals surface area (Å²) < 4.78 is 5.23. The fraction of sp³-hybridized carbons (Fsp3) is 0.550. The Hall–Kier alpha value is -2.02. The summed E-state index contributed by atoms with van der Waals surface area (Å²) in [4.78, 5) is 37.0. The van der Waals surface area contributed by atoms with Crippen molar-refractivity contribution >= 4 is 28.9 Å². The molecule has 0 bridgehead atoms. The Morgan fingerprint density at radius 1 is 1.11 bits per heavy atom. The standard InChI is InChI=1S/C20H30N2O4S/c1-16(23)27-15-14-22(13-11-17-8-6-5-7-9-17)19(25)21-12-10-18(24)26-20(2,3)4/h5-9H,10-15H2,1-4H3,(H,21,25). The average Bonchev–Trinajstić information content (AvgIpc) is 2.56. The van der Waals surface area contributed by atoms with Crippen LogP contribution < -0.4 is 5.32 Å². The molecule has 2 amide bonds. The number of carbonyl (C=O) groups excluding carboxylic acids is 3. The van der Waals surface area contributed by atoms with Crippen molar-refractivity contribution in [3.63, 3.8) is 0 Å². The van der Waals surface area contributed by atoms with Gasteiger partial charge in [0.25, 0.3) is 0 Å².